The topological polar surface area (TPSA) is 89.8 Å². The van der Waals surface area contributed by atoms with Crippen molar-refractivity contribution in [2.75, 3.05) is 18.6 Å². The number of nitrogens with one attached hydrogen (secondary N) is 1. The van der Waals surface area contributed by atoms with Crippen LogP contribution < -0.4 is 5.32 Å². The molecule has 4 fully saturated rings. The molecule has 0 aromatic carbocycles. The highest BCUT2D eigenvalue weighted by Crippen LogP contribution is 2.68. The second-order valence-electron chi connectivity index (χ2n) is 12.4. The van der Waals surface area contributed by atoms with Crippen LogP contribution in [-0.4, -0.2) is 58.1 Å². The van der Waals surface area contributed by atoms with E-state index in [1.54, 1.807) is 11.8 Å². The molecule has 4 rings (SSSR count). The average Bonchev–Trinajstić information content (AvgIpc) is 3.13. The highest BCUT2D eigenvalue weighted by molar-refractivity contribution is 7.98. The molecule has 0 aromatic heterocycles. The number of thioether (sulfide) groups is 1. The third-order valence-corrected chi connectivity index (χ3v) is 11.6. The van der Waals surface area contributed by atoms with Gasteiger partial charge in [0.05, 0.1) is 18.3 Å². The van der Waals surface area contributed by atoms with E-state index >= 15 is 0 Å². The van der Waals surface area contributed by atoms with Gasteiger partial charge in [0.15, 0.2) is 0 Å². The molecule has 190 valence electrons. The third kappa shape index (κ3) is 4.51. The zero-order chi connectivity index (χ0) is 24.0. The Morgan fingerprint density at radius 2 is 1.85 bits per heavy atom. The van der Waals surface area contributed by atoms with E-state index in [9.17, 15) is 20.1 Å². The molecule has 1 amide bonds. The molecule has 4 aliphatic rings. The van der Waals surface area contributed by atoms with Crippen LogP contribution in [0.3, 0.4) is 0 Å². The molecule has 4 aliphatic carbocycles. The Morgan fingerprint density at radius 3 is 2.58 bits per heavy atom. The number of hydrogen-bond donors (Lipinski definition) is 4. The van der Waals surface area contributed by atoms with Crippen LogP contribution in [0.25, 0.3) is 0 Å². The van der Waals surface area contributed by atoms with E-state index < -0.39 is 0 Å². The predicted octanol–water partition coefficient (Wildman–Crippen LogP) is 3.84. The van der Waals surface area contributed by atoms with Gasteiger partial charge in [-0.15, -0.1) is 0 Å². The van der Waals surface area contributed by atoms with Crippen LogP contribution in [-0.2, 0) is 4.79 Å². The quantitative estimate of drug-likeness (QED) is 0.415. The monoisotopic (exact) mass is 481 g/mol. The summed E-state index contributed by atoms with van der Waals surface area (Å²) in [7, 11) is 0. The zero-order valence-electron chi connectivity index (χ0n) is 21.1. The number of amides is 1. The Hall–Kier alpha value is -0.300. The summed E-state index contributed by atoms with van der Waals surface area (Å²) in [5.74, 6) is 3.14. The first-order chi connectivity index (χ1) is 15.6. The smallest absolute Gasteiger partial charge is 0.220 e. The molecule has 33 heavy (non-hydrogen) atoms. The van der Waals surface area contributed by atoms with E-state index in [0.29, 0.717) is 36.0 Å². The van der Waals surface area contributed by atoms with E-state index in [1.165, 1.54) is 0 Å². The molecular weight excluding hydrogens is 434 g/mol. The lowest BCUT2D eigenvalue weighted by Gasteiger charge is -2.63. The van der Waals surface area contributed by atoms with Crippen molar-refractivity contribution in [2.24, 2.45) is 46.3 Å². The SMILES string of the molecule is CSCCNC(=O)CC[C@@H](C)[C@H]1CC[C@H]2[C@@H]3[C@H](O)C[C@@H]4C[C@H](O)CC[C@]4(C)[C@H]3C[C@H](O)[C@]12C. The van der Waals surface area contributed by atoms with Crippen molar-refractivity contribution in [3.63, 3.8) is 0 Å². The summed E-state index contributed by atoms with van der Waals surface area (Å²) < 4.78 is 0. The fourth-order valence-corrected chi connectivity index (χ4v) is 9.38. The van der Waals surface area contributed by atoms with Crippen LogP contribution in [0, 0.1) is 46.3 Å². The second-order valence-corrected chi connectivity index (χ2v) is 13.4. The van der Waals surface area contributed by atoms with Gasteiger partial charge in [-0.05, 0) is 104 Å². The molecule has 4 N–H and O–H groups in total. The molecule has 4 saturated carbocycles. The first-order valence-corrected chi connectivity index (χ1v) is 14.8. The van der Waals surface area contributed by atoms with Crippen LogP contribution in [0.1, 0.15) is 78.6 Å². The number of aliphatic hydroxyl groups is 3. The lowest BCUT2D eigenvalue weighted by atomic mass is 9.43. The van der Waals surface area contributed by atoms with Crippen molar-refractivity contribution in [3.05, 3.63) is 0 Å². The Kier molecular flexibility index (Phi) is 7.80. The Morgan fingerprint density at radius 1 is 1.09 bits per heavy atom. The highest BCUT2D eigenvalue weighted by Gasteiger charge is 2.65. The lowest BCUT2D eigenvalue weighted by Crippen LogP contribution is -2.62. The van der Waals surface area contributed by atoms with Gasteiger partial charge in [-0.25, -0.2) is 0 Å². The number of rotatable bonds is 7. The van der Waals surface area contributed by atoms with Gasteiger partial charge in [0.25, 0.3) is 0 Å². The predicted molar refractivity (Wildman–Crippen MR) is 134 cm³/mol. The van der Waals surface area contributed by atoms with E-state index in [0.717, 1.165) is 63.7 Å². The molecule has 0 unspecified atom stereocenters. The molecule has 0 saturated heterocycles. The molecule has 0 aliphatic heterocycles. The molecular formula is C27H47NO4S. The summed E-state index contributed by atoms with van der Waals surface area (Å²) >= 11 is 1.74. The van der Waals surface area contributed by atoms with Crippen LogP contribution in [0.2, 0.25) is 0 Å². The van der Waals surface area contributed by atoms with Crippen molar-refractivity contribution in [1.29, 1.82) is 0 Å². The Labute approximate surface area is 204 Å². The van der Waals surface area contributed by atoms with Crippen molar-refractivity contribution in [3.8, 4) is 0 Å². The first-order valence-electron chi connectivity index (χ1n) is 13.4. The minimum atomic E-state index is -0.358. The van der Waals surface area contributed by atoms with Gasteiger partial charge in [0.2, 0.25) is 5.91 Å². The molecule has 0 bridgehead atoms. The summed E-state index contributed by atoms with van der Waals surface area (Å²) in [4.78, 5) is 12.3. The van der Waals surface area contributed by atoms with Gasteiger partial charge in [-0.3, -0.25) is 4.79 Å². The van der Waals surface area contributed by atoms with Crippen molar-refractivity contribution >= 4 is 17.7 Å². The van der Waals surface area contributed by atoms with Crippen LogP contribution in [0.15, 0.2) is 0 Å². The van der Waals surface area contributed by atoms with Crippen LogP contribution >= 0.6 is 11.8 Å². The van der Waals surface area contributed by atoms with E-state index in [2.05, 4.69) is 26.1 Å². The fraction of sp³-hybridized carbons (Fsp3) is 0.963. The molecule has 0 aromatic rings. The van der Waals surface area contributed by atoms with Gasteiger partial charge in [0.1, 0.15) is 0 Å². The second kappa shape index (κ2) is 9.99. The molecule has 5 nitrogen and oxygen atoms in total. The fourth-order valence-electron chi connectivity index (χ4n) is 9.07. The van der Waals surface area contributed by atoms with Crippen molar-refractivity contribution in [2.45, 2.75) is 96.9 Å². The number of aliphatic hydroxyl groups excluding tert-OH is 3. The normalized spacial score (nSPS) is 47.8. The maximum Gasteiger partial charge on any atom is 0.220 e. The van der Waals surface area contributed by atoms with Crippen molar-refractivity contribution in [1.82, 2.24) is 5.32 Å². The molecule has 11 atom stereocenters. The molecule has 0 heterocycles. The standard InChI is InChI=1S/C27H47NO4S/c1-16(5-8-24(32)28-11-12-33-4)19-6-7-20-25-21(15-23(31)27(19,20)3)26(2)10-9-18(29)13-17(26)14-22(25)30/h16-23,25,29-31H,5-15H2,1-4H3,(H,28,32)/t16-,17+,18-,19-,20+,21+,22-,23+,25+,26+,27-/m1/s1. The van der Waals surface area contributed by atoms with Crippen molar-refractivity contribution < 1.29 is 20.1 Å². The van der Waals surface area contributed by atoms with Gasteiger partial charge < -0.3 is 20.6 Å². The highest BCUT2D eigenvalue weighted by atomic mass is 32.2. The number of fused-ring (bicyclic) bond motifs is 5. The Balaban J connectivity index is 1.47. The molecule has 0 radical (unpaired) electrons. The van der Waals surface area contributed by atoms with E-state index in [-0.39, 0.29) is 41.0 Å². The van der Waals surface area contributed by atoms with Crippen LogP contribution in [0.5, 0.6) is 0 Å². The molecule has 6 heteroatoms. The summed E-state index contributed by atoms with van der Waals surface area (Å²) in [5.41, 5.74) is -0.0712. The maximum atomic E-state index is 12.3. The van der Waals surface area contributed by atoms with Gasteiger partial charge in [0, 0.05) is 18.7 Å². The lowest BCUT2D eigenvalue weighted by molar-refractivity contribution is -0.207. The van der Waals surface area contributed by atoms with E-state index in [4.69, 9.17) is 0 Å². The van der Waals surface area contributed by atoms with Crippen LogP contribution in [0.4, 0.5) is 0 Å². The largest absolute Gasteiger partial charge is 0.393 e. The average molecular weight is 482 g/mol. The number of carbonyl (C=O) groups excluding carboxylic acids is 1. The van der Waals surface area contributed by atoms with Gasteiger partial charge >= 0.3 is 0 Å². The summed E-state index contributed by atoms with van der Waals surface area (Å²) in [6.45, 7) is 7.67. The summed E-state index contributed by atoms with van der Waals surface area (Å²) in [5, 5.41) is 36.3. The first kappa shape index (κ1) is 25.8. The Bertz CT molecular complexity index is 706. The van der Waals surface area contributed by atoms with Gasteiger partial charge in [-0.2, -0.15) is 11.8 Å². The minimum absolute atomic E-state index is 0.115. The summed E-state index contributed by atoms with van der Waals surface area (Å²) in [6.07, 6.45) is 8.93. The zero-order valence-corrected chi connectivity index (χ0v) is 21.9. The number of hydrogen-bond acceptors (Lipinski definition) is 5. The van der Waals surface area contributed by atoms with E-state index in [1.807, 2.05) is 6.26 Å². The maximum absolute atomic E-state index is 12.3. The minimum Gasteiger partial charge on any atom is -0.393 e. The van der Waals surface area contributed by atoms with Gasteiger partial charge in [-0.1, -0.05) is 20.8 Å². The summed E-state index contributed by atoms with van der Waals surface area (Å²) in [6, 6.07) is 0. The third-order valence-electron chi connectivity index (χ3n) is 11.0. The molecule has 0 spiro atoms. The number of carbonyl (C=O) groups is 1.